The van der Waals surface area contributed by atoms with Crippen LogP contribution in [0.4, 0.5) is 0 Å². The molecule has 3 atom stereocenters. The number of benzene rings is 1. The zero-order valence-corrected chi connectivity index (χ0v) is 12.8. The molecular weight excluding hydrogens is 246 g/mol. The van der Waals surface area contributed by atoms with E-state index in [1.165, 1.54) is 37.7 Å². The average Bonchev–Trinajstić information content (AvgIpc) is 2.44. The fourth-order valence-electron chi connectivity index (χ4n) is 4.01. The van der Waals surface area contributed by atoms with Gasteiger partial charge in [0.2, 0.25) is 0 Å². The zero-order valence-electron chi connectivity index (χ0n) is 12.8. The van der Waals surface area contributed by atoms with Crippen molar-refractivity contribution >= 4 is 0 Å². The molecule has 3 rings (SSSR count). The van der Waals surface area contributed by atoms with Crippen LogP contribution >= 0.6 is 0 Å². The van der Waals surface area contributed by atoms with E-state index in [0.717, 1.165) is 24.6 Å². The van der Waals surface area contributed by atoms with Gasteiger partial charge in [0.25, 0.3) is 0 Å². The molecular formula is C18H27NO. The van der Waals surface area contributed by atoms with E-state index in [-0.39, 0.29) is 5.60 Å². The van der Waals surface area contributed by atoms with Crippen molar-refractivity contribution in [1.29, 1.82) is 0 Å². The Balaban J connectivity index is 1.87. The molecule has 1 saturated carbocycles. The number of nitrogens with one attached hydrogen (secondary N) is 1. The summed E-state index contributed by atoms with van der Waals surface area (Å²) < 4.78 is 6.50. The maximum absolute atomic E-state index is 6.50. The van der Waals surface area contributed by atoms with Gasteiger partial charge in [0, 0.05) is 18.0 Å². The quantitative estimate of drug-likeness (QED) is 0.878. The second kappa shape index (κ2) is 5.77. The third kappa shape index (κ3) is 2.71. The topological polar surface area (TPSA) is 21.3 Å². The Morgan fingerprint density at radius 1 is 1.30 bits per heavy atom. The first-order valence-corrected chi connectivity index (χ1v) is 8.24. The first-order chi connectivity index (χ1) is 9.72. The van der Waals surface area contributed by atoms with Crippen LogP contribution in [0, 0.1) is 5.92 Å². The van der Waals surface area contributed by atoms with Gasteiger partial charge in [0.15, 0.2) is 0 Å². The molecule has 0 aromatic heterocycles. The van der Waals surface area contributed by atoms with Gasteiger partial charge in [0.1, 0.15) is 11.4 Å². The third-order valence-corrected chi connectivity index (χ3v) is 4.89. The van der Waals surface area contributed by atoms with Crippen LogP contribution < -0.4 is 10.1 Å². The lowest BCUT2D eigenvalue weighted by Gasteiger charge is -2.46. The van der Waals surface area contributed by atoms with Crippen molar-refractivity contribution in [3.8, 4) is 5.75 Å². The molecule has 1 aliphatic carbocycles. The van der Waals surface area contributed by atoms with Gasteiger partial charge in [-0.05, 0) is 44.2 Å². The molecule has 1 aromatic rings. The molecule has 3 unspecified atom stereocenters. The number of para-hydroxylation sites is 1. The van der Waals surface area contributed by atoms with Gasteiger partial charge in [-0.2, -0.15) is 0 Å². The Morgan fingerprint density at radius 2 is 2.15 bits per heavy atom. The van der Waals surface area contributed by atoms with Gasteiger partial charge in [-0.25, -0.2) is 0 Å². The van der Waals surface area contributed by atoms with E-state index in [4.69, 9.17) is 4.74 Å². The second-order valence-electron chi connectivity index (χ2n) is 6.74. The van der Waals surface area contributed by atoms with Crippen molar-refractivity contribution in [2.24, 2.45) is 5.92 Å². The highest BCUT2D eigenvalue weighted by molar-refractivity contribution is 5.39. The Labute approximate surface area is 122 Å². The van der Waals surface area contributed by atoms with Gasteiger partial charge < -0.3 is 10.1 Å². The standard InChI is InChI=1S/C18H27NO/c1-3-11-19-16-13-18(10-6-7-14(2)12-18)20-17-9-5-4-8-15(16)17/h4-5,8-9,14,16,19H,3,6-7,10-13H2,1-2H3. The van der Waals surface area contributed by atoms with E-state index in [1.807, 2.05) is 0 Å². The van der Waals surface area contributed by atoms with Crippen LogP contribution in [0.15, 0.2) is 24.3 Å². The van der Waals surface area contributed by atoms with E-state index in [1.54, 1.807) is 0 Å². The molecule has 1 N–H and O–H groups in total. The summed E-state index contributed by atoms with van der Waals surface area (Å²) in [6.07, 6.45) is 7.42. The van der Waals surface area contributed by atoms with E-state index in [0.29, 0.717) is 6.04 Å². The molecule has 20 heavy (non-hydrogen) atoms. The highest BCUT2D eigenvalue weighted by Crippen LogP contribution is 2.47. The van der Waals surface area contributed by atoms with Gasteiger partial charge in [-0.15, -0.1) is 0 Å². The smallest absolute Gasteiger partial charge is 0.124 e. The van der Waals surface area contributed by atoms with Crippen molar-refractivity contribution in [1.82, 2.24) is 5.32 Å². The molecule has 2 aliphatic rings. The van der Waals surface area contributed by atoms with E-state index in [2.05, 4.69) is 43.4 Å². The maximum Gasteiger partial charge on any atom is 0.124 e. The summed E-state index contributed by atoms with van der Waals surface area (Å²) in [6, 6.07) is 9.06. The Hall–Kier alpha value is -1.02. The fraction of sp³-hybridized carbons (Fsp3) is 0.667. The van der Waals surface area contributed by atoms with Gasteiger partial charge in [-0.3, -0.25) is 0 Å². The summed E-state index contributed by atoms with van der Waals surface area (Å²) in [6.45, 7) is 5.70. The first kappa shape index (κ1) is 13.9. The first-order valence-electron chi connectivity index (χ1n) is 8.24. The number of ether oxygens (including phenoxy) is 1. The average molecular weight is 273 g/mol. The number of fused-ring (bicyclic) bond motifs is 1. The largest absolute Gasteiger partial charge is 0.487 e. The Bertz CT molecular complexity index is 458. The summed E-state index contributed by atoms with van der Waals surface area (Å²) in [5.41, 5.74) is 1.43. The summed E-state index contributed by atoms with van der Waals surface area (Å²) in [5.74, 6) is 1.90. The van der Waals surface area contributed by atoms with Crippen molar-refractivity contribution in [3.63, 3.8) is 0 Å². The fourth-order valence-corrected chi connectivity index (χ4v) is 4.01. The third-order valence-electron chi connectivity index (χ3n) is 4.89. The second-order valence-corrected chi connectivity index (χ2v) is 6.74. The molecule has 1 aliphatic heterocycles. The summed E-state index contributed by atoms with van der Waals surface area (Å²) >= 11 is 0. The minimum atomic E-state index is 0.0808. The number of rotatable bonds is 3. The summed E-state index contributed by atoms with van der Waals surface area (Å²) in [5, 5.41) is 3.73. The Kier molecular flexibility index (Phi) is 4.02. The lowest BCUT2D eigenvalue weighted by atomic mass is 9.73. The van der Waals surface area contributed by atoms with Crippen LogP contribution in [0.25, 0.3) is 0 Å². The highest BCUT2D eigenvalue weighted by atomic mass is 16.5. The molecule has 1 fully saturated rings. The van der Waals surface area contributed by atoms with Crippen LogP contribution in [0.1, 0.15) is 64.0 Å². The van der Waals surface area contributed by atoms with Gasteiger partial charge in [-0.1, -0.05) is 38.5 Å². The molecule has 2 nitrogen and oxygen atoms in total. The monoisotopic (exact) mass is 273 g/mol. The normalized spacial score (nSPS) is 32.7. The van der Waals surface area contributed by atoms with Crippen molar-refractivity contribution < 1.29 is 4.74 Å². The van der Waals surface area contributed by atoms with Crippen LogP contribution in [-0.4, -0.2) is 12.1 Å². The van der Waals surface area contributed by atoms with Gasteiger partial charge >= 0.3 is 0 Å². The van der Waals surface area contributed by atoms with Crippen molar-refractivity contribution in [2.75, 3.05) is 6.54 Å². The molecule has 1 heterocycles. The summed E-state index contributed by atoms with van der Waals surface area (Å²) in [7, 11) is 0. The van der Waals surface area contributed by atoms with Crippen LogP contribution in [0.3, 0.4) is 0 Å². The van der Waals surface area contributed by atoms with Gasteiger partial charge in [0.05, 0.1) is 0 Å². The molecule has 0 bridgehead atoms. The molecule has 0 amide bonds. The summed E-state index contributed by atoms with van der Waals surface area (Å²) in [4.78, 5) is 0. The predicted molar refractivity (Wildman–Crippen MR) is 83.1 cm³/mol. The maximum atomic E-state index is 6.50. The van der Waals surface area contributed by atoms with Crippen LogP contribution in [-0.2, 0) is 0 Å². The molecule has 0 saturated heterocycles. The van der Waals surface area contributed by atoms with Crippen molar-refractivity contribution in [2.45, 2.75) is 64.0 Å². The minimum Gasteiger partial charge on any atom is -0.487 e. The number of hydrogen-bond donors (Lipinski definition) is 1. The van der Waals surface area contributed by atoms with E-state index in [9.17, 15) is 0 Å². The lowest BCUT2D eigenvalue weighted by Crippen LogP contribution is -2.47. The molecule has 1 aromatic carbocycles. The molecule has 0 radical (unpaired) electrons. The number of hydrogen-bond acceptors (Lipinski definition) is 2. The van der Waals surface area contributed by atoms with E-state index < -0.39 is 0 Å². The van der Waals surface area contributed by atoms with E-state index >= 15 is 0 Å². The molecule has 1 spiro atoms. The molecule has 110 valence electrons. The van der Waals surface area contributed by atoms with Crippen LogP contribution in [0.2, 0.25) is 0 Å². The highest BCUT2D eigenvalue weighted by Gasteiger charge is 2.43. The lowest BCUT2D eigenvalue weighted by molar-refractivity contribution is -0.0180. The predicted octanol–water partition coefficient (Wildman–Crippen LogP) is 4.46. The minimum absolute atomic E-state index is 0.0808. The van der Waals surface area contributed by atoms with Crippen molar-refractivity contribution in [3.05, 3.63) is 29.8 Å². The Morgan fingerprint density at radius 3 is 2.95 bits per heavy atom. The molecule has 2 heteroatoms. The van der Waals surface area contributed by atoms with Crippen LogP contribution in [0.5, 0.6) is 5.75 Å². The zero-order chi connectivity index (χ0) is 14.0. The SMILES string of the molecule is CCCNC1CC2(CCCC(C)C2)Oc2ccccc21.